The van der Waals surface area contributed by atoms with Crippen molar-refractivity contribution in [3.05, 3.63) is 53.3 Å². The van der Waals surface area contributed by atoms with Gasteiger partial charge in [-0.3, -0.25) is 4.79 Å². The highest BCUT2D eigenvalue weighted by Gasteiger charge is 2.28. The molecule has 1 amide bonds. The number of carbonyl (C=O) groups is 2. The number of ether oxygens (including phenoxy) is 1. The average Bonchev–Trinajstić information content (AvgIpc) is 3.01. The maximum absolute atomic E-state index is 12.7. The number of carbonyl (C=O) groups excluding carboxylic acids is 2. The summed E-state index contributed by atoms with van der Waals surface area (Å²) in [6.45, 7) is 11.2. The normalized spacial score (nSPS) is 15.4. The number of nitrogens with zero attached hydrogens (tertiary/aromatic N) is 3. The molecule has 1 atom stereocenters. The van der Waals surface area contributed by atoms with E-state index in [-0.39, 0.29) is 5.91 Å². The van der Waals surface area contributed by atoms with E-state index < -0.39 is 12.1 Å². The smallest absolute Gasteiger partial charge is 0.340 e. The van der Waals surface area contributed by atoms with Gasteiger partial charge in [0.25, 0.3) is 5.91 Å². The van der Waals surface area contributed by atoms with E-state index in [9.17, 15) is 9.59 Å². The lowest BCUT2D eigenvalue weighted by Gasteiger charge is -2.37. The molecular formula is C22H29N3O3. The van der Waals surface area contributed by atoms with Crippen LogP contribution in [0.25, 0.3) is 0 Å². The topological polar surface area (TPSA) is 54.8 Å². The van der Waals surface area contributed by atoms with Gasteiger partial charge in [0, 0.05) is 49.8 Å². The molecule has 1 aromatic carbocycles. The molecule has 0 unspecified atom stereocenters. The molecule has 1 aliphatic rings. The fraction of sp³-hybridized carbons (Fsp3) is 0.455. The maximum atomic E-state index is 12.7. The molecule has 1 saturated heterocycles. The van der Waals surface area contributed by atoms with Crippen molar-refractivity contribution in [2.24, 2.45) is 0 Å². The van der Waals surface area contributed by atoms with E-state index in [1.165, 1.54) is 5.69 Å². The minimum absolute atomic E-state index is 0.134. The van der Waals surface area contributed by atoms with Crippen molar-refractivity contribution in [2.75, 3.05) is 31.1 Å². The molecule has 0 aliphatic carbocycles. The van der Waals surface area contributed by atoms with Crippen molar-refractivity contribution >= 4 is 17.6 Å². The number of aryl methyl sites for hydroxylation is 1. The minimum atomic E-state index is -0.791. The van der Waals surface area contributed by atoms with Gasteiger partial charge in [-0.25, -0.2) is 4.79 Å². The van der Waals surface area contributed by atoms with Gasteiger partial charge in [0.1, 0.15) is 0 Å². The predicted molar refractivity (Wildman–Crippen MR) is 110 cm³/mol. The summed E-state index contributed by atoms with van der Waals surface area (Å²) in [5, 5.41) is 0. The van der Waals surface area contributed by atoms with Gasteiger partial charge in [0.2, 0.25) is 0 Å². The number of esters is 1. The Morgan fingerprint density at radius 3 is 2.29 bits per heavy atom. The SMILES string of the molecule is CCn1c(C)cc(C(=O)O[C@H](C)C(=O)N2CCN(c3ccccc3)CC2)c1C. The van der Waals surface area contributed by atoms with E-state index in [1.807, 2.05) is 45.0 Å². The summed E-state index contributed by atoms with van der Waals surface area (Å²) in [7, 11) is 0. The molecule has 2 heterocycles. The van der Waals surface area contributed by atoms with Gasteiger partial charge in [0.15, 0.2) is 6.10 Å². The van der Waals surface area contributed by atoms with E-state index >= 15 is 0 Å². The minimum Gasteiger partial charge on any atom is -0.449 e. The molecule has 1 aromatic heterocycles. The molecular weight excluding hydrogens is 354 g/mol. The van der Waals surface area contributed by atoms with Crippen LogP contribution >= 0.6 is 0 Å². The Kier molecular flexibility index (Phi) is 6.07. The molecule has 1 fully saturated rings. The monoisotopic (exact) mass is 383 g/mol. The molecule has 6 heteroatoms. The first-order valence-electron chi connectivity index (χ1n) is 9.88. The molecule has 28 heavy (non-hydrogen) atoms. The standard InChI is InChI=1S/C22H29N3O3/c1-5-25-16(2)15-20(17(25)3)22(27)28-18(4)21(26)24-13-11-23(12-14-24)19-9-7-6-8-10-19/h6-10,15,18H,5,11-14H2,1-4H3/t18-/m1/s1. The third kappa shape index (κ3) is 4.06. The first-order valence-corrected chi connectivity index (χ1v) is 9.88. The summed E-state index contributed by atoms with van der Waals surface area (Å²) >= 11 is 0. The summed E-state index contributed by atoms with van der Waals surface area (Å²) in [6, 6.07) is 12.0. The number of anilines is 1. The molecule has 6 nitrogen and oxygen atoms in total. The van der Waals surface area contributed by atoms with Crippen LogP contribution in [0.1, 0.15) is 35.6 Å². The van der Waals surface area contributed by atoms with Crippen molar-refractivity contribution in [1.29, 1.82) is 0 Å². The van der Waals surface area contributed by atoms with E-state index in [0.717, 1.165) is 31.0 Å². The van der Waals surface area contributed by atoms with Crippen LogP contribution in [0.2, 0.25) is 0 Å². The van der Waals surface area contributed by atoms with Gasteiger partial charge < -0.3 is 19.1 Å². The molecule has 0 N–H and O–H groups in total. The number of para-hydroxylation sites is 1. The Bertz CT molecular complexity index is 836. The van der Waals surface area contributed by atoms with Crippen LogP contribution in [0.15, 0.2) is 36.4 Å². The lowest BCUT2D eigenvalue weighted by molar-refractivity contribution is -0.140. The Morgan fingerprint density at radius 2 is 1.71 bits per heavy atom. The van der Waals surface area contributed by atoms with Gasteiger partial charge in [0.05, 0.1) is 5.56 Å². The van der Waals surface area contributed by atoms with Crippen molar-refractivity contribution in [2.45, 2.75) is 40.3 Å². The molecule has 150 valence electrons. The van der Waals surface area contributed by atoms with Crippen LogP contribution in [-0.2, 0) is 16.1 Å². The number of piperazine rings is 1. The summed E-state index contributed by atoms with van der Waals surface area (Å²) < 4.78 is 7.56. The highest BCUT2D eigenvalue weighted by molar-refractivity contribution is 5.93. The molecule has 0 bridgehead atoms. The van der Waals surface area contributed by atoms with E-state index in [4.69, 9.17) is 4.74 Å². The summed E-state index contributed by atoms with van der Waals surface area (Å²) in [6.07, 6.45) is -0.791. The Balaban J connectivity index is 1.57. The van der Waals surface area contributed by atoms with E-state index in [0.29, 0.717) is 18.7 Å². The number of aromatic nitrogens is 1. The maximum Gasteiger partial charge on any atom is 0.340 e. The van der Waals surface area contributed by atoms with Crippen LogP contribution in [0.5, 0.6) is 0 Å². The van der Waals surface area contributed by atoms with Crippen LogP contribution < -0.4 is 4.90 Å². The number of hydrogen-bond acceptors (Lipinski definition) is 4. The molecule has 2 aromatic rings. The van der Waals surface area contributed by atoms with E-state index in [2.05, 4.69) is 21.6 Å². The highest BCUT2D eigenvalue weighted by atomic mass is 16.5. The van der Waals surface area contributed by atoms with Crippen molar-refractivity contribution in [3.8, 4) is 0 Å². The van der Waals surface area contributed by atoms with Gasteiger partial charge in [-0.2, -0.15) is 0 Å². The first kappa shape index (κ1) is 20.0. The Hall–Kier alpha value is -2.76. The number of benzene rings is 1. The summed E-state index contributed by atoms with van der Waals surface area (Å²) in [5.41, 5.74) is 3.59. The van der Waals surface area contributed by atoms with Gasteiger partial charge in [-0.15, -0.1) is 0 Å². The van der Waals surface area contributed by atoms with Crippen molar-refractivity contribution in [3.63, 3.8) is 0 Å². The second-order valence-electron chi connectivity index (χ2n) is 7.22. The van der Waals surface area contributed by atoms with Crippen LogP contribution in [0.4, 0.5) is 5.69 Å². The van der Waals surface area contributed by atoms with Crippen LogP contribution in [0, 0.1) is 13.8 Å². The van der Waals surface area contributed by atoms with Crippen LogP contribution in [0.3, 0.4) is 0 Å². The number of rotatable bonds is 5. The molecule has 0 spiro atoms. The zero-order valence-electron chi connectivity index (χ0n) is 17.1. The molecule has 0 saturated carbocycles. The predicted octanol–water partition coefficient (Wildman–Crippen LogP) is 3.02. The van der Waals surface area contributed by atoms with Crippen LogP contribution in [-0.4, -0.2) is 53.6 Å². The summed E-state index contributed by atoms with van der Waals surface area (Å²) in [5.74, 6) is -0.568. The first-order chi connectivity index (χ1) is 13.4. The van der Waals surface area contributed by atoms with Gasteiger partial charge in [-0.05, 0) is 45.9 Å². The third-order valence-corrected chi connectivity index (χ3v) is 5.45. The fourth-order valence-corrected chi connectivity index (χ4v) is 3.85. The number of hydrogen-bond donors (Lipinski definition) is 0. The zero-order chi connectivity index (χ0) is 20.3. The Morgan fingerprint density at radius 1 is 1.07 bits per heavy atom. The number of amides is 1. The van der Waals surface area contributed by atoms with E-state index in [1.54, 1.807) is 11.8 Å². The lowest BCUT2D eigenvalue weighted by atomic mass is 10.2. The Labute approximate surface area is 166 Å². The van der Waals surface area contributed by atoms with Gasteiger partial charge >= 0.3 is 5.97 Å². The second kappa shape index (κ2) is 8.50. The van der Waals surface area contributed by atoms with Gasteiger partial charge in [-0.1, -0.05) is 18.2 Å². The zero-order valence-corrected chi connectivity index (χ0v) is 17.1. The average molecular weight is 383 g/mol. The highest BCUT2D eigenvalue weighted by Crippen LogP contribution is 2.19. The molecule has 3 rings (SSSR count). The summed E-state index contributed by atoms with van der Waals surface area (Å²) in [4.78, 5) is 29.4. The lowest BCUT2D eigenvalue weighted by Crippen LogP contribution is -2.51. The quantitative estimate of drug-likeness (QED) is 0.745. The molecule has 0 radical (unpaired) electrons. The van der Waals surface area contributed by atoms with Crippen molar-refractivity contribution < 1.29 is 14.3 Å². The largest absolute Gasteiger partial charge is 0.449 e. The third-order valence-electron chi connectivity index (χ3n) is 5.45. The molecule has 1 aliphatic heterocycles. The second-order valence-corrected chi connectivity index (χ2v) is 7.22. The fourth-order valence-electron chi connectivity index (χ4n) is 3.85. The van der Waals surface area contributed by atoms with Crippen molar-refractivity contribution in [1.82, 2.24) is 9.47 Å².